The number of nitrogens with two attached hydrogens (primary N) is 1. The second-order valence-corrected chi connectivity index (χ2v) is 4.64. The van der Waals surface area contributed by atoms with Gasteiger partial charge in [0, 0.05) is 6.54 Å². The van der Waals surface area contributed by atoms with Crippen LogP contribution in [-0.2, 0) is 12.0 Å². The smallest absolute Gasteiger partial charge is 0.121 e. The Kier molecular flexibility index (Phi) is 39.9. The van der Waals surface area contributed by atoms with Crippen LogP contribution in [0.15, 0.2) is 61.2 Å². The van der Waals surface area contributed by atoms with Crippen LogP contribution in [0.4, 0.5) is 0 Å². The molecule has 0 aliphatic heterocycles. The summed E-state index contributed by atoms with van der Waals surface area (Å²) in [5.41, 5.74) is 7.55. The Labute approximate surface area is 178 Å². The van der Waals surface area contributed by atoms with Crippen LogP contribution in [0.5, 0.6) is 0 Å². The Morgan fingerprint density at radius 2 is 1.39 bits per heavy atom. The summed E-state index contributed by atoms with van der Waals surface area (Å²) < 4.78 is 0. The average Bonchev–Trinajstić information content (AvgIpc) is 2.79. The zero-order chi connectivity index (χ0) is 23.6. The van der Waals surface area contributed by atoms with Gasteiger partial charge >= 0.3 is 0 Å². The summed E-state index contributed by atoms with van der Waals surface area (Å²) >= 11 is 0. The summed E-state index contributed by atoms with van der Waals surface area (Å²) in [5.74, 6) is 0. The predicted octanol–water partition coefficient (Wildman–Crippen LogP) is 7.82. The molecule has 1 unspecified atom stereocenters. The fourth-order valence-corrected chi connectivity index (χ4v) is 1.93. The van der Waals surface area contributed by atoms with Gasteiger partial charge in [-0.3, -0.25) is 0 Å². The summed E-state index contributed by atoms with van der Waals surface area (Å²) in [6.45, 7) is 29.1. The second kappa shape index (κ2) is 30.1. The van der Waals surface area contributed by atoms with Gasteiger partial charge in [-0.1, -0.05) is 111 Å². The van der Waals surface area contributed by atoms with Crippen molar-refractivity contribution in [3.63, 3.8) is 0 Å². The molecule has 0 bridgehead atoms. The minimum absolute atomic E-state index is 0.162. The topological polar surface area (TPSA) is 46.2 Å². The van der Waals surface area contributed by atoms with Crippen molar-refractivity contribution in [3.8, 4) is 0 Å². The maximum absolute atomic E-state index is 10.7. The molecule has 2 heteroatoms. The van der Waals surface area contributed by atoms with Crippen molar-refractivity contribution in [2.45, 2.75) is 88.2 Å². The van der Waals surface area contributed by atoms with E-state index < -0.39 is 5.60 Å². The van der Waals surface area contributed by atoms with Crippen molar-refractivity contribution in [1.82, 2.24) is 0 Å². The zero-order valence-corrected chi connectivity index (χ0v) is 20.9. The molecule has 0 aliphatic carbocycles. The third-order valence-electron chi connectivity index (χ3n) is 2.96. The lowest BCUT2D eigenvalue weighted by atomic mass is 9.87. The number of hydrogen-bond acceptors (Lipinski definition) is 2. The highest BCUT2D eigenvalue weighted by Gasteiger charge is 2.26. The molecule has 0 amide bonds. The molecule has 0 aromatic heterocycles. The molecule has 0 spiro atoms. The van der Waals surface area contributed by atoms with Gasteiger partial charge in [0.2, 0.25) is 0 Å². The van der Waals surface area contributed by atoms with Gasteiger partial charge in [0.1, 0.15) is 5.60 Å². The largest absolute Gasteiger partial charge is 0.380 e. The zero-order valence-electron chi connectivity index (χ0n) is 20.9. The van der Waals surface area contributed by atoms with Gasteiger partial charge in [0.15, 0.2) is 0 Å². The van der Waals surface area contributed by atoms with Gasteiger partial charge in [-0.2, -0.15) is 0 Å². The summed E-state index contributed by atoms with van der Waals surface area (Å²) in [6, 6.07) is 7.85. The Hall–Kier alpha value is -1.64. The van der Waals surface area contributed by atoms with Gasteiger partial charge in [0.25, 0.3) is 0 Å². The molecule has 28 heavy (non-hydrogen) atoms. The van der Waals surface area contributed by atoms with Crippen LogP contribution in [0, 0.1) is 0 Å². The van der Waals surface area contributed by atoms with Crippen LogP contribution in [-0.4, -0.2) is 11.7 Å². The van der Waals surface area contributed by atoms with Crippen molar-refractivity contribution < 1.29 is 5.11 Å². The first-order chi connectivity index (χ1) is 13.5. The molecule has 0 heterocycles. The fraction of sp³-hybridized carbons (Fsp3) is 0.538. The SMILES string of the molecule is C=C/C(C)=C/C(O)(CN)c1ccccc1CC.C=CC.CC.CC.CC.CC. The number of aliphatic hydroxyl groups is 1. The van der Waals surface area contributed by atoms with Crippen molar-refractivity contribution in [2.24, 2.45) is 5.73 Å². The molecule has 2 nitrogen and oxygen atoms in total. The minimum Gasteiger partial charge on any atom is -0.380 e. The number of aryl methyl sites for hydroxylation is 1. The molecule has 3 N–H and O–H groups in total. The van der Waals surface area contributed by atoms with Crippen LogP contribution in [0.1, 0.15) is 87.3 Å². The molecule has 166 valence electrons. The van der Waals surface area contributed by atoms with E-state index in [0.29, 0.717) is 0 Å². The van der Waals surface area contributed by atoms with E-state index in [0.717, 1.165) is 23.1 Å². The Balaban J connectivity index is -0.000000136. The third kappa shape index (κ3) is 17.8. The molecular weight excluding hydrogens is 342 g/mol. The van der Waals surface area contributed by atoms with Gasteiger partial charge in [0.05, 0.1) is 0 Å². The standard InChI is InChI=1S/C15H21NO.C3H6.4C2H6/c1-4-12(3)10-15(17,11-16)14-9-7-6-8-13(14)5-2;1-3-2;4*1-2/h4,6-10,17H,1,5,11,16H2,2-3H3;3H,1H2,2H3;4*1-2H3/b12-10+;;;;;. The fourth-order valence-electron chi connectivity index (χ4n) is 1.93. The highest BCUT2D eigenvalue weighted by atomic mass is 16.3. The summed E-state index contributed by atoms with van der Waals surface area (Å²) in [5, 5.41) is 10.7. The first kappa shape index (κ1) is 37.2. The Morgan fingerprint density at radius 3 is 1.71 bits per heavy atom. The number of allylic oxidation sites excluding steroid dienone is 3. The molecule has 0 saturated carbocycles. The van der Waals surface area contributed by atoms with Crippen molar-refractivity contribution >= 4 is 0 Å². The third-order valence-corrected chi connectivity index (χ3v) is 2.96. The maximum Gasteiger partial charge on any atom is 0.121 e. The maximum atomic E-state index is 10.7. The molecule has 1 aromatic carbocycles. The normalized spacial score (nSPS) is 10.7. The van der Waals surface area contributed by atoms with Crippen LogP contribution < -0.4 is 5.73 Å². The molecule has 1 atom stereocenters. The van der Waals surface area contributed by atoms with E-state index in [4.69, 9.17) is 5.73 Å². The number of rotatable bonds is 5. The molecule has 1 rings (SSSR count). The molecule has 0 aliphatic rings. The number of benzene rings is 1. The Morgan fingerprint density at radius 1 is 1.00 bits per heavy atom. The van der Waals surface area contributed by atoms with Crippen LogP contribution in [0.3, 0.4) is 0 Å². The quantitative estimate of drug-likeness (QED) is 0.395. The van der Waals surface area contributed by atoms with Crippen LogP contribution in [0.2, 0.25) is 0 Å². The molecule has 0 radical (unpaired) electrons. The van der Waals surface area contributed by atoms with E-state index in [-0.39, 0.29) is 6.54 Å². The summed E-state index contributed by atoms with van der Waals surface area (Å²) in [7, 11) is 0. The van der Waals surface area contributed by atoms with Gasteiger partial charge < -0.3 is 10.8 Å². The summed E-state index contributed by atoms with van der Waals surface area (Å²) in [4.78, 5) is 0. The molecule has 0 saturated heterocycles. The average molecular weight is 394 g/mol. The number of hydrogen-bond donors (Lipinski definition) is 2. The Bertz CT molecular complexity index is 463. The highest BCUT2D eigenvalue weighted by molar-refractivity contribution is 5.38. The van der Waals surface area contributed by atoms with Gasteiger partial charge in [-0.25, -0.2) is 0 Å². The monoisotopic (exact) mass is 393 g/mol. The van der Waals surface area contributed by atoms with E-state index in [9.17, 15) is 5.11 Å². The second-order valence-electron chi connectivity index (χ2n) is 4.64. The van der Waals surface area contributed by atoms with E-state index >= 15 is 0 Å². The van der Waals surface area contributed by atoms with Crippen molar-refractivity contribution in [3.05, 3.63) is 72.4 Å². The molecule has 0 fully saturated rings. The molecule has 1 aromatic rings. The van der Waals surface area contributed by atoms with E-state index in [1.165, 1.54) is 0 Å². The lowest BCUT2D eigenvalue weighted by molar-refractivity contribution is 0.0973. The van der Waals surface area contributed by atoms with Crippen LogP contribution >= 0.6 is 0 Å². The lowest BCUT2D eigenvalue weighted by Crippen LogP contribution is -2.34. The first-order valence-electron chi connectivity index (χ1n) is 10.9. The first-order valence-corrected chi connectivity index (χ1v) is 10.9. The molecular formula is C26H51NO. The van der Waals surface area contributed by atoms with Crippen molar-refractivity contribution in [2.75, 3.05) is 6.54 Å². The van der Waals surface area contributed by atoms with E-state index in [1.54, 1.807) is 18.2 Å². The van der Waals surface area contributed by atoms with Crippen LogP contribution in [0.25, 0.3) is 0 Å². The highest BCUT2D eigenvalue weighted by Crippen LogP contribution is 2.27. The minimum atomic E-state index is -1.11. The van der Waals surface area contributed by atoms with Crippen molar-refractivity contribution in [1.29, 1.82) is 0 Å². The van der Waals surface area contributed by atoms with Gasteiger partial charge in [-0.05, 0) is 37.5 Å². The van der Waals surface area contributed by atoms with E-state index in [1.807, 2.05) is 93.5 Å². The van der Waals surface area contributed by atoms with E-state index in [2.05, 4.69) is 20.1 Å². The predicted molar refractivity (Wildman–Crippen MR) is 134 cm³/mol. The summed E-state index contributed by atoms with van der Waals surface area (Å²) in [6.07, 6.45) is 6.11. The lowest BCUT2D eigenvalue weighted by Gasteiger charge is -2.26. The van der Waals surface area contributed by atoms with Gasteiger partial charge in [-0.15, -0.1) is 6.58 Å².